The largest absolute Gasteiger partial charge is 0.207 e. The normalized spacial score (nSPS) is 12.5. The first-order chi connectivity index (χ1) is 20.4. The molecule has 0 saturated carbocycles. The number of halogens is 10. The molecule has 0 radical (unpaired) electrons. The topological polar surface area (TPSA) is 0 Å². The maximum atomic E-state index is 15.5. The number of benzene rings is 4. The molecule has 4 aromatic carbocycles. The summed E-state index contributed by atoms with van der Waals surface area (Å²) in [5.41, 5.74) is -0.323. The molecule has 0 nitrogen and oxygen atoms in total. The molecule has 4 aromatic rings. The van der Waals surface area contributed by atoms with Crippen LogP contribution >= 0.6 is 7.92 Å². The van der Waals surface area contributed by atoms with Crippen molar-refractivity contribution < 1.29 is 43.9 Å². The Hall–Kier alpha value is -3.33. The summed E-state index contributed by atoms with van der Waals surface area (Å²) in [6, 6.07) is 7.18. The van der Waals surface area contributed by atoms with Crippen LogP contribution < -0.4 is 21.5 Å². The van der Waals surface area contributed by atoms with E-state index >= 15 is 17.6 Å². The average Bonchev–Trinajstić information content (AvgIpc) is 2.94. The minimum atomic E-state index is -3.78. The maximum Gasteiger partial charge on any atom is 0.200 e. The van der Waals surface area contributed by atoms with Crippen LogP contribution in [0.3, 0.4) is 0 Å². The van der Waals surface area contributed by atoms with E-state index in [4.69, 9.17) is 0 Å². The fraction of sp³-hybridized carbons (Fsp3) is 0.250. The summed E-state index contributed by atoms with van der Waals surface area (Å²) in [6.07, 6.45) is 0. The lowest BCUT2D eigenvalue weighted by Crippen LogP contribution is -2.58. The van der Waals surface area contributed by atoms with Crippen molar-refractivity contribution >= 4 is 36.2 Å². The predicted molar refractivity (Wildman–Crippen MR) is 156 cm³/mol. The van der Waals surface area contributed by atoms with Crippen LogP contribution in [0.5, 0.6) is 0 Å². The molecule has 44 heavy (non-hydrogen) atoms. The summed E-state index contributed by atoms with van der Waals surface area (Å²) in [4.78, 5) is 0. The molecule has 0 aliphatic rings. The van der Waals surface area contributed by atoms with Crippen molar-refractivity contribution in [3.63, 3.8) is 0 Å². The van der Waals surface area contributed by atoms with Crippen molar-refractivity contribution in [2.75, 3.05) is 0 Å². The number of rotatable bonds is 6. The van der Waals surface area contributed by atoms with Gasteiger partial charge < -0.3 is 0 Å². The number of hydrogen-bond donors (Lipinski definition) is 0. The molecule has 1 atom stereocenters. The molecule has 0 unspecified atom stereocenters. The second-order valence-electron chi connectivity index (χ2n) is 11.4. The van der Waals surface area contributed by atoms with Crippen molar-refractivity contribution in [2.45, 2.75) is 54.0 Å². The Morgan fingerprint density at radius 3 is 0.909 bits per heavy atom. The molecule has 0 amide bonds. The van der Waals surface area contributed by atoms with Crippen molar-refractivity contribution in [3.05, 3.63) is 116 Å². The van der Waals surface area contributed by atoms with Gasteiger partial charge in [0.05, 0.1) is 6.71 Å². The molecular formula is C32H27BF10P-. The molecule has 0 aliphatic heterocycles. The lowest BCUT2D eigenvalue weighted by atomic mass is 9.38. The first-order valence-corrected chi connectivity index (χ1v) is 15.0. The van der Waals surface area contributed by atoms with Crippen LogP contribution in [0, 0.1) is 99.7 Å². The molecule has 234 valence electrons. The van der Waals surface area contributed by atoms with E-state index in [9.17, 15) is 26.3 Å². The molecule has 0 spiro atoms. The van der Waals surface area contributed by atoms with Crippen molar-refractivity contribution in [1.82, 2.24) is 0 Å². The van der Waals surface area contributed by atoms with Crippen LogP contribution in [0.1, 0.15) is 40.3 Å². The molecule has 12 heteroatoms. The summed E-state index contributed by atoms with van der Waals surface area (Å²) in [7, 11) is -2.02. The van der Waals surface area contributed by atoms with Gasteiger partial charge in [-0.3, -0.25) is 0 Å². The van der Waals surface area contributed by atoms with E-state index in [2.05, 4.69) is 0 Å². The van der Waals surface area contributed by atoms with Crippen LogP contribution in [-0.4, -0.2) is 12.3 Å². The zero-order valence-electron chi connectivity index (χ0n) is 24.8. The highest BCUT2D eigenvalue weighted by Crippen LogP contribution is 2.45. The predicted octanol–water partition coefficient (Wildman–Crippen LogP) is 7.33. The van der Waals surface area contributed by atoms with E-state index in [0.717, 1.165) is 11.1 Å². The lowest BCUT2D eigenvalue weighted by molar-refractivity contribution is 0.382. The highest BCUT2D eigenvalue weighted by Gasteiger charge is 2.38. The average molecular weight is 643 g/mol. The molecular weight excluding hydrogens is 616 g/mol. The minimum Gasteiger partial charge on any atom is -0.207 e. The molecule has 0 N–H and O–H groups in total. The van der Waals surface area contributed by atoms with E-state index < -0.39 is 89.3 Å². The second-order valence-corrected chi connectivity index (χ2v) is 13.9. The highest BCUT2D eigenvalue weighted by atomic mass is 31.1. The van der Waals surface area contributed by atoms with Gasteiger partial charge in [-0.15, -0.1) is 16.5 Å². The van der Waals surface area contributed by atoms with Crippen LogP contribution in [-0.2, 0) is 0 Å². The SMILES string of the molecule is Cc1cc(C)c(P(c2c(C)cc(C)cc2C)[C@H](C)[BH-](c2c(F)c(F)c(F)c(F)c2F)c2c(F)c(F)c(F)c(F)c2F)c(C)c1. The van der Waals surface area contributed by atoms with E-state index in [1.807, 2.05) is 13.8 Å². The summed E-state index contributed by atoms with van der Waals surface area (Å²) >= 11 is 0. The van der Waals surface area contributed by atoms with Crippen molar-refractivity contribution in [2.24, 2.45) is 0 Å². The quantitative estimate of drug-likeness (QED) is 0.0679. The van der Waals surface area contributed by atoms with Crippen LogP contribution in [0.2, 0.25) is 0 Å². The van der Waals surface area contributed by atoms with Crippen molar-refractivity contribution in [1.29, 1.82) is 0 Å². The summed E-state index contributed by atoms with van der Waals surface area (Å²) in [5, 5.41) is 1.16. The minimum absolute atomic E-state index is 0.582. The van der Waals surface area contributed by atoms with Gasteiger partial charge in [0, 0.05) is 0 Å². The van der Waals surface area contributed by atoms with Crippen LogP contribution in [0.15, 0.2) is 24.3 Å². The lowest BCUT2D eigenvalue weighted by Gasteiger charge is -2.41. The molecule has 4 rings (SSSR count). The van der Waals surface area contributed by atoms with E-state index in [1.54, 1.807) is 52.0 Å². The van der Waals surface area contributed by atoms with Gasteiger partial charge in [0.2, 0.25) is 0 Å². The Labute approximate surface area is 250 Å². The van der Waals surface area contributed by atoms with Gasteiger partial charge in [-0.05, 0) is 74.4 Å². The third kappa shape index (κ3) is 5.42. The Morgan fingerprint density at radius 2 is 0.659 bits per heavy atom. The van der Waals surface area contributed by atoms with Crippen molar-refractivity contribution in [3.8, 4) is 0 Å². The fourth-order valence-electron chi connectivity index (χ4n) is 6.58. The highest BCUT2D eigenvalue weighted by molar-refractivity contribution is 7.76. The zero-order valence-corrected chi connectivity index (χ0v) is 25.7. The zero-order chi connectivity index (χ0) is 33.1. The number of hydrogen-bond acceptors (Lipinski definition) is 0. The Balaban J connectivity index is 2.24. The smallest absolute Gasteiger partial charge is 0.200 e. The van der Waals surface area contributed by atoms with Gasteiger partial charge in [0.15, 0.2) is 34.9 Å². The summed E-state index contributed by atoms with van der Waals surface area (Å²) in [6.45, 7) is 8.07. The molecule has 0 aliphatic carbocycles. The van der Waals surface area contributed by atoms with E-state index in [0.29, 0.717) is 32.9 Å². The molecule has 0 heterocycles. The van der Waals surface area contributed by atoms with Crippen LogP contribution in [0.25, 0.3) is 0 Å². The van der Waals surface area contributed by atoms with Gasteiger partial charge in [0.25, 0.3) is 0 Å². The molecule has 0 aromatic heterocycles. The van der Waals surface area contributed by atoms with Gasteiger partial charge in [0.1, 0.15) is 23.3 Å². The van der Waals surface area contributed by atoms with Gasteiger partial charge in [-0.25, -0.2) is 43.9 Å². The molecule has 0 bridgehead atoms. The second kappa shape index (κ2) is 12.2. The van der Waals surface area contributed by atoms with Gasteiger partial charge in [-0.1, -0.05) is 50.2 Å². The molecule has 0 fully saturated rings. The first-order valence-electron chi connectivity index (χ1n) is 13.6. The Kier molecular flexibility index (Phi) is 9.33. The Morgan fingerprint density at radius 1 is 0.432 bits per heavy atom. The van der Waals surface area contributed by atoms with Gasteiger partial charge in [-0.2, -0.15) is 0 Å². The standard InChI is InChI=1S/C32H27BF10P/c1-12-8-14(3)31(15(4)9-12)44(32-16(5)10-13(2)11-17(32)6)18(7)33(19-21(34)25(38)29(42)26(39)22(19)35)20-23(36)27(40)30(43)28(41)24(20)37/h8-11,18,33H,1-7H3/q-1/t18-/m1/s1. The monoisotopic (exact) mass is 643 g/mol. The summed E-state index contributed by atoms with van der Waals surface area (Å²) < 4.78 is 149. The number of aryl methyl sites for hydroxylation is 6. The third-order valence-corrected chi connectivity index (χ3v) is 11.8. The third-order valence-electron chi connectivity index (χ3n) is 8.15. The first kappa shape index (κ1) is 33.6. The fourth-order valence-corrected chi connectivity index (χ4v) is 10.2. The van der Waals surface area contributed by atoms with E-state index in [-0.39, 0.29) is 0 Å². The van der Waals surface area contributed by atoms with E-state index in [1.165, 1.54) is 6.92 Å². The maximum absolute atomic E-state index is 15.5. The molecule has 0 saturated heterocycles. The Bertz CT molecular complexity index is 1590. The van der Waals surface area contributed by atoms with Gasteiger partial charge >= 0.3 is 0 Å². The van der Waals surface area contributed by atoms with Crippen LogP contribution in [0.4, 0.5) is 43.9 Å². The summed E-state index contributed by atoms with van der Waals surface area (Å²) in [5.74, 6) is -24.3.